The molecule has 0 radical (unpaired) electrons. The zero-order valence-corrected chi connectivity index (χ0v) is 17.5. The highest BCUT2D eigenvalue weighted by atomic mass is 32.1. The van der Waals surface area contributed by atoms with E-state index in [4.69, 9.17) is 11.5 Å². The lowest BCUT2D eigenvalue weighted by Crippen LogP contribution is -2.26. The molecule has 1 aromatic carbocycles. The Morgan fingerprint density at radius 3 is 1.74 bits per heavy atom. The maximum absolute atomic E-state index is 5.91. The first-order chi connectivity index (χ1) is 12.8. The van der Waals surface area contributed by atoms with Gasteiger partial charge < -0.3 is 16.4 Å². The highest BCUT2D eigenvalue weighted by Gasteiger charge is 2.38. The third-order valence-corrected chi connectivity index (χ3v) is 6.56. The molecule has 2 aromatic heterocycles. The summed E-state index contributed by atoms with van der Waals surface area (Å²) in [7, 11) is 0. The highest BCUT2D eigenvalue weighted by Crippen LogP contribution is 2.47. The second-order valence-electron chi connectivity index (χ2n) is 8.03. The van der Waals surface area contributed by atoms with E-state index in [1.807, 2.05) is 0 Å². The number of aromatic nitrogens is 2. The van der Waals surface area contributed by atoms with Gasteiger partial charge in [0.25, 0.3) is 0 Å². The Balaban J connectivity index is 1.74. The molecular formula is C20H25N5S2. The molecule has 0 unspecified atom stereocenters. The van der Waals surface area contributed by atoms with E-state index in [1.54, 1.807) is 0 Å². The number of rotatable bonds is 3. The Labute approximate surface area is 168 Å². The van der Waals surface area contributed by atoms with E-state index in [-0.39, 0.29) is 17.5 Å². The van der Waals surface area contributed by atoms with Crippen LogP contribution in [0.3, 0.4) is 0 Å². The smallest absolute Gasteiger partial charge is 0.180 e. The largest absolute Gasteiger partial charge is 0.375 e. The van der Waals surface area contributed by atoms with E-state index < -0.39 is 0 Å². The molecule has 0 aliphatic carbocycles. The fourth-order valence-corrected chi connectivity index (χ4v) is 5.01. The summed E-state index contributed by atoms with van der Waals surface area (Å²) in [5.41, 5.74) is 16.6. The SMILES string of the molecule is CC(C)(C)c1ccc(N2[C@@H](c3csc(N)n3)CC[C@@H]2c2csc(N)n2)cc1. The molecule has 1 aliphatic rings. The van der Waals surface area contributed by atoms with Crippen molar-refractivity contribution in [2.75, 3.05) is 16.4 Å². The molecule has 1 saturated heterocycles. The molecule has 3 aromatic rings. The summed E-state index contributed by atoms with van der Waals surface area (Å²) in [6.45, 7) is 6.71. The molecule has 1 aliphatic heterocycles. The zero-order valence-electron chi connectivity index (χ0n) is 15.8. The summed E-state index contributed by atoms with van der Waals surface area (Å²) < 4.78 is 0. The Morgan fingerprint density at radius 1 is 0.889 bits per heavy atom. The Kier molecular flexibility index (Phi) is 4.60. The summed E-state index contributed by atoms with van der Waals surface area (Å²) in [6.07, 6.45) is 2.04. The van der Waals surface area contributed by atoms with Gasteiger partial charge in [0, 0.05) is 16.4 Å². The first kappa shape index (κ1) is 18.3. The van der Waals surface area contributed by atoms with Crippen molar-refractivity contribution in [1.82, 2.24) is 9.97 Å². The maximum atomic E-state index is 5.91. The second kappa shape index (κ2) is 6.80. The molecule has 1 fully saturated rings. The molecule has 3 heterocycles. The summed E-state index contributed by atoms with van der Waals surface area (Å²) in [6, 6.07) is 9.30. The van der Waals surface area contributed by atoms with Crippen LogP contribution in [0, 0.1) is 0 Å². The molecule has 0 bridgehead atoms. The summed E-state index contributed by atoms with van der Waals surface area (Å²) in [5, 5.41) is 5.39. The van der Waals surface area contributed by atoms with Gasteiger partial charge in [-0.2, -0.15) is 0 Å². The molecular weight excluding hydrogens is 374 g/mol. The molecule has 27 heavy (non-hydrogen) atoms. The van der Waals surface area contributed by atoms with Gasteiger partial charge in [0.15, 0.2) is 10.3 Å². The normalized spacial score (nSPS) is 20.3. The molecule has 5 nitrogen and oxygen atoms in total. The van der Waals surface area contributed by atoms with Gasteiger partial charge in [-0.1, -0.05) is 32.9 Å². The van der Waals surface area contributed by atoms with Gasteiger partial charge in [-0.3, -0.25) is 0 Å². The number of nitrogens with two attached hydrogens (primary N) is 2. The average molecular weight is 400 g/mol. The van der Waals surface area contributed by atoms with Crippen molar-refractivity contribution in [1.29, 1.82) is 0 Å². The average Bonchev–Trinajstić information content (AvgIpc) is 3.33. The third-order valence-electron chi connectivity index (χ3n) is 5.18. The molecule has 2 atom stereocenters. The lowest BCUT2D eigenvalue weighted by atomic mass is 9.87. The number of hydrogen-bond donors (Lipinski definition) is 2. The van der Waals surface area contributed by atoms with E-state index in [0.29, 0.717) is 10.3 Å². The van der Waals surface area contributed by atoms with Crippen LogP contribution in [0.25, 0.3) is 0 Å². The van der Waals surface area contributed by atoms with E-state index in [9.17, 15) is 0 Å². The van der Waals surface area contributed by atoms with Crippen LogP contribution in [-0.2, 0) is 5.41 Å². The molecule has 7 heteroatoms. The van der Waals surface area contributed by atoms with Gasteiger partial charge >= 0.3 is 0 Å². The topological polar surface area (TPSA) is 81.1 Å². The van der Waals surface area contributed by atoms with Crippen LogP contribution in [0.5, 0.6) is 0 Å². The van der Waals surface area contributed by atoms with Crippen LogP contribution < -0.4 is 16.4 Å². The Bertz CT molecular complexity index is 874. The lowest BCUT2D eigenvalue weighted by Gasteiger charge is -2.32. The van der Waals surface area contributed by atoms with Crippen LogP contribution >= 0.6 is 22.7 Å². The quantitative estimate of drug-likeness (QED) is 0.637. The highest BCUT2D eigenvalue weighted by molar-refractivity contribution is 7.13. The summed E-state index contributed by atoms with van der Waals surface area (Å²) in [5.74, 6) is 0. The molecule has 4 N–H and O–H groups in total. The number of hydrogen-bond acceptors (Lipinski definition) is 7. The van der Waals surface area contributed by atoms with Crippen molar-refractivity contribution < 1.29 is 0 Å². The van der Waals surface area contributed by atoms with Gasteiger partial charge in [-0.25, -0.2) is 9.97 Å². The zero-order chi connectivity index (χ0) is 19.2. The van der Waals surface area contributed by atoms with Crippen molar-refractivity contribution in [2.24, 2.45) is 0 Å². The fraction of sp³-hybridized carbons (Fsp3) is 0.400. The van der Waals surface area contributed by atoms with Crippen molar-refractivity contribution in [3.05, 3.63) is 52.0 Å². The lowest BCUT2D eigenvalue weighted by molar-refractivity contribution is 0.589. The minimum Gasteiger partial charge on any atom is -0.375 e. The Morgan fingerprint density at radius 2 is 1.37 bits per heavy atom. The summed E-state index contributed by atoms with van der Waals surface area (Å²) >= 11 is 3.00. The van der Waals surface area contributed by atoms with Crippen molar-refractivity contribution in [3.8, 4) is 0 Å². The number of benzene rings is 1. The van der Waals surface area contributed by atoms with Crippen LogP contribution in [0.15, 0.2) is 35.0 Å². The molecule has 0 spiro atoms. The first-order valence-electron chi connectivity index (χ1n) is 9.13. The van der Waals surface area contributed by atoms with Crippen LogP contribution in [0.1, 0.15) is 62.6 Å². The van der Waals surface area contributed by atoms with Crippen LogP contribution in [0.2, 0.25) is 0 Å². The van der Waals surface area contributed by atoms with Crippen molar-refractivity contribution >= 4 is 38.6 Å². The Hall–Kier alpha value is -2.12. The van der Waals surface area contributed by atoms with Crippen LogP contribution in [-0.4, -0.2) is 9.97 Å². The number of thiazole rings is 2. The van der Waals surface area contributed by atoms with Gasteiger partial charge in [-0.05, 0) is 36.0 Å². The monoisotopic (exact) mass is 399 g/mol. The molecule has 142 valence electrons. The van der Waals surface area contributed by atoms with Gasteiger partial charge in [0.05, 0.1) is 23.5 Å². The maximum Gasteiger partial charge on any atom is 0.180 e. The van der Waals surface area contributed by atoms with Crippen molar-refractivity contribution in [2.45, 2.75) is 51.1 Å². The summed E-state index contributed by atoms with van der Waals surface area (Å²) in [4.78, 5) is 11.6. The molecule has 0 saturated carbocycles. The number of nitrogen functional groups attached to an aromatic ring is 2. The molecule has 0 amide bonds. The second-order valence-corrected chi connectivity index (χ2v) is 9.81. The predicted octanol–water partition coefficient (Wildman–Crippen LogP) is 5.14. The number of nitrogens with zero attached hydrogens (tertiary/aromatic N) is 3. The minimum absolute atomic E-state index is 0.134. The van der Waals surface area contributed by atoms with Crippen molar-refractivity contribution in [3.63, 3.8) is 0 Å². The predicted molar refractivity (Wildman–Crippen MR) is 115 cm³/mol. The number of anilines is 3. The van der Waals surface area contributed by atoms with E-state index in [1.165, 1.54) is 33.9 Å². The van der Waals surface area contributed by atoms with E-state index in [2.05, 4.69) is 70.7 Å². The van der Waals surface area contributed by atoms with Gasteiger partial charge in [0.1, 0.15) is 0 Å². The van der Waals surface area contributed by atoms with E-state index in [0.717, 1.165) is 24.2 Å². The fourth-order valence-electron chi connectivity index (χ4n) is 3.79. The van der Waals surface area contributed by atoms with Gasteiger partial charge in [-0.15, -0.1) is 22.7 Å². The molecule has 4 rings (SSSR count). The first-order valence-corrected chi connectivity index (χ1v) is 10.9. The minimum atomic E-state index is 0.134. The third kappa shape index (κ3) is 3.53. The van der Waals surface area contributed by atoms with Gasteiger partial charge in [0.2, 0.25) is 0 Å². The van der Waals surface area contributed by atoms with E-state index >= 15 is 0 Å². The standard InChI is InChI=1S/C20H25N5S2/c1-20(2,3)12-4-6-13(7-5-12)25-16(14-10-26-18(21)23-14)8-9-17(25)15-11-27-19(22)24-15/h4-7,10-11,16-17H,8-9H2,1-3H3,(H2,21,23)(H2,22,24)/t16-,17-/m1/s1. The van der Waals surface area contributed by atoms with Crippen LogP contribution in [0.4, 0.5) is 16.0 Å².